The first-order valence-electron chi connectivity index (χ1n) is 17.2. The second kappa shape index (κ2) is 16.1. The first-order chi connectivity index (χ1) is 24.1. The van der Waals surface area contributed by atoms with Crippen molar-refractivity contribution < 1.29 is 27.8 Å². The van der Waals surface area contributed by atoms with E-state index in [-0.39, 0.29) is 38.0 Å². The summed E-state index contributed by atoms with van der Waals surface area (Å²) in [7, 11) is -3.48. The number of nitriles is 1. The standard InChI is InChI=1S/C35H44ClN7O6S/c1-50(46,47)43-19-18-42(22-26(43)11-14-37)34-28-12-17-41(31-10-3-7-25-6-2-9-29(36)33(25)31)23-30(28)38-35(39-34)49-24-27-8-4-15-40(27)16-5-20-48-21-13-32(44)45/h2-3,6-7,9-10,26-27H,4-5,8,11-13,15-24H2,1H3,(H,44,45). The highest BCUT2D eigenvalue weighted by Crippen LogP contribution is 2.37. The fourth-order valence-corrected chi connectivity index (χ4v) is 8.75. The van der Waals surface area contributed by atoms with Crippen molar-refractivity contribution in [1.82, 2.24) is 19.2 Å². The first kappa shape index (κ1) is 36.1. The number of rotatable bonds is 14. The molecule has 0 bridgehead atoms. The van der Waals surface area contributed by atoms with Crippen LogP contribution in [-0.4, -0.2) is 116 Å². The molecule has 0 amide bonds. The number of piperazine rings is 1. The van der Waals surface area contributed by atoms with Crippen molar-refractivity contribution in [3.8, 4) is 12.1 Å². The predicted octanol–water partition coefficient (Wildman–Crippen LogP) is 3.93. The van der Waals surface area contributed by atoms with Crippen LogP contribution in [0.1, 0.15) is 43.4 Å². The number of hydrogen-bond acceptors (Lipinski definition) is 11. The van der Waals surface area contributed by atoms with Gasteiger partial charge in [-0.3, -0.25) is 9.69 Å². The van der Waals surface area contributed by atoms with Gasteiger partial charge < -0.3 is 24.4 Å². The largest absolute Gasteiger partial charge is 0.481 e. The average molecular weight is 726 g/mol. The van der Waals surface area contributed by atoms with E-state index in [1.807, 2.05) is 18.2 Å². The summed E-state index contributed by atoms with van der Waals surface area (Å²) >= 11 is 6.72. The van der Waals surface area contributed by atoms with E-state index in [4.69, 9.17) is 36.1 Å². The maximum Gasteiger partial charge on any atom is 0.318 e. The summed E-state index contributed by atoms with van der Waals surface area (Å²) in [4.78, 5) is 27.4. The summed E-state index contributed by atoms with van der Waals surface area (Å²) in [5.41, 5.74) is 2.89. The van der Waals surface area contributed by atoms with E-state index in [1.54, 1.807) is 0 Å². The van der Waals surface area contributed by atoms with Gasteiger partial charge in [0.05, 0.1) is 55.1 Å². The molecule has 2 fully saturated rings. The van der Waals surface area contributed by atoms with E-state index in [0.29, 0.717) is 44.3 Å². The van der Waals surface area contributed by atoms with Gasteiger partial charge in [-0.1, -0.05) is 35.9 Å². The second-order valence-corrected chi connectivity index (χ2v) is 15.5. The molecule has 2 saturated heterocycles. The van der Waals surface area contributed by atoms with E-state index in [2.05, 4.69) is 39.0 Å². The van der Waals surface area contributed by atoms with E-state index in [0.717, 1.165) is 72.4 Å². The number of likely N-dealkylation sites (tertiary alicyclic amines) is 1. The van der Waals surface area contributed by atoms with Crippen LogP contribution in [0.3, 0.4) is 0 Å². The predicted molar refractivity (Wildman–Crippen MR) is 191 cm³/mol. The number of carboxylic acids is 1. The highest BCUT2D eigenvalue weighted by atomic mass is 35.5. The van der Waals surface area contributed by atoms with Crippen LogP contribution in [0.15, 0.2) is 36.4 Å². The smallest absolute Gasteiger partial charge is 0.318 e. The van der Waals surface area contributed by atoms with Crippen molar-refractivity contribution in [1.29, 1.82) is 5.26 Å². The normalized spacial score (nSPS) is 20.2. The van der Waals surface area contributed by atoms with Crippen molar-refractivity contribution in [2.24, 2.45) is 0 Å². The Balaban J connectivity index is 1.24. The van der Waals surface area contributed by atoms with Gasteiger partial charge in [-0.25, -0.2) is 8.42 Å². The molecule has 0 aliphatic carbocycles. The molecule has 6 rings (SSSR count). The number of sulfonamides is 1. The van der Waals surface area contributed by atoms with Gasteiger partial charge in [0.1, 0.15) is 12.4 Å². The number of ether oxygens (including phenoxy) is 2. The van der Waals surface area contributed by atoms with Crippen molar-refractivity contribution in [2.75, 3.05) is 75.1 Å². The molecule has 3 aliphatic heterocycles. The van der Waals surface area contributed by atoms with Gasteiger partial charge in [-0.15, -0.1) is 0 Å². The number of aromatic nitrogens is 2. The summed E-state index contributed by atoms with van der Waals surface area (Å²) in [5.74, 6) is -0.128. The van der Waals surface area contributed by atoms with Crippen LogP contribution in [0.4, 0.5) is 11.5 Å². The molecule has 50 heavy (non-hydrogen) atoms. The maximum absolute atomic E-state index is 12.6. The molecule has 13 nitrogen and oxygen atoms in total. The van der Waals surface area contributed by atoms with Gasteiger partial charge >= 0.3 is 12.0 Å². The lowest BCUT2D eigenvalue weighted by molar-refractivity contribution is -0.138. The molecule has 0 saturated carbocycles. The van der Waals surface area contributed by atoms with Crippen LogP contribution >= 0.6 is 11.6 Å². The Morgan fingerprint density at radius 1 is 1.08 bits per heavy atom. The molecule has 2 atom stereocenters. The Hall–Kier alpha value is -3.74. The number of carbonyl (C=O) groups is 1. The third-order valence-corrected chi connectivity index (χ3v) is 11.4. The maximum atomic E-state index is 12.6. The SMILES string of the molecule is CS(=O)(=O)N1CCN(c2nc(OCC3CCCN3CCCOCCC(=O)O)nc3c2CCN(c2cccc4cccc(Cl)c24)C3)CC1CC#N. The minimum Gasteiger partial charge on any atom is -0.481 e. The monoisotopic (exact) mass is 725 g/mol. The summed E-state index contributed by atoms with van der Waals surface area (Å²) in [5, 5.41) is 21.1. The van der Waals surface area contributed by atoms with Crippen molar-refractivity contribution in [3.05, 3.63) is 52.7 Å². The minimum atomic E-state index is -3.48. The lowest BCUT2D eigenvalue weighted by atomic mass is 10.0. The molecule has 1 N–H and O–H groups in total. The topological polar surface area (TPSA) is 152 Å². The molecular formula is C35H44ClN7O6S. The fourth-order valence-electron chi connectivity index (χ4n) is 7.38. The van der Waals surface area contributed by atoms with Gasteiger partial charge in [-0.05, 0) is 49.7 Å². The van der Waals surface area contributed by atoms with Crippen LogP contribution in [0.2, 0.25) is 5.02 Å². The molecule has 2 unspecified atom stereocenters. The van der Waals surface area contributed by atoms with Crippen molar-refractivity contribution in [3.63, 3.8) is 0 Å². The zero-order valence-electron chi connectivity index (χ0n) is 28.3. The Bertz CT molecular complexity index is 1830. The quantitative estimate of drug-likeness (QED) is 0.240. The Morgan fingerprint density at radius 3 is 2.68 bits per heavy atom. The minimum absolute atomic E-state index is 0.00274. The van der Waals surface area contributed by atoms with Crippen LogP contribution in [0.25, 0.3) is 10.8 Å². The molecule has 268 valence electrons. The summed E-state index contributed by atoms with van der Waals surface area (Å²) in [6.45, 7) is 5.19. The van der Waals surface area contributed by atoms with Gasteiger partial charge in [0.15, 0.2) is 0 Å². The Morgan fingerprint density at radius 2 is 1.90 bits per heavy atom. The lowest BCUT2D eigenvalue weighted by Crippen LogP contribution is -2.55. The van der Waals surface area contributed by atoms with E-state index in [9.17, 15) is 18.5 Å². The summed E-state index contributed by atoms with van der Waals surface area (Å²) in [6.07, 6.45) is 4.78. The molecule has 4 heterocycles. The lowest BCUT2D eigenvalue weighted by Gasteiger charge is -2.41. The highest BCUT2D eigenvalue weighted by Gasteiger charge is 2.36. The molecule has 3 aromatic rings. The summed E-state index contributed by atoms with van der Waals surface area (Å²) in [6, 6.07) is 14.2. The number of halogens is 1. The van der Waals surface area contributed by atoms with Gasteiger partial charge in [-0.2, -0.15) is 19.5 Å². The molecule has 0 spiro atoms. The average Bonchev–Trinajstić information content (AvgIpc) is 3.54. The molecule has 2 aromatic carbocycles. The number of hydrogen-bond donors (Lipinski definition) is 1. The van der Waals surface area contributed by atoms with Gasteiger partial charge in [0.2, 0.25) is 10.0 Å². The van der Waals surface area contributed by atoms with Gasteiger partial charge in [0.25, 0.3) is 0 Å². The molecule has 1 aromatic heterocycles. The van der Waals surface area contributed by atoms with Crippen LogP contribution in [0, 0.1) is 11.3 Å². The number of anilines is 2. The third-order valence-electron chi connectivity index (χ3n) is 9.77. The molecule has 0 radical (unpaired) electrons. The van der Waals surface area contributed by atoms with Crippen LogP contribution in [-0.2, 0) is 32.5 Å². The number of nitrogens with zero attached hydrogens (tertiary/aromatic N) is 7. The first-order valence-corrected chi connectivity index (χ1v) is 19.4. The van der Waals surface area contributed by atoms with Crippen LogP contribution < -0.4 is 14.5 Å². The molecular weight excluding hydrogens is 682 g/mol. The van der Waals surface area contributed by atoms with Gasteiger partial charge in [0, 0.05) is 62.0 Å². The fraction of sp³-hybridized carbons (Fsp3) is 0.543. The number of benzene rings is 2. The van der Waals surface area contributed by atoms with E-state index in [1.165, 1.54) is 10.6 Å². The zero-order chi connectivity index (χ0) is 35.3. The second-order valence-electron chi connectivity index (χ2n) is 13.1. The number of carboxylic acid groups (broad SMARTS) is 1. The third kappa shape index (κ3) is 8.41. The molecule has 15 heteroatoms. The summed E-state index contributed by atoms with van der Waals surface area (Å²) < 4.78 is 38.4. The van der Waals surface area contributed by atoms with E-state index >= 15 is 0 Å². The highest BCUT2D eigenvalue weighted by molar-refractivity contribution is 7.88. The van der Waals surface area contributed by atoms with Crippen molar-refractivity contribution in [2.45, 2.75) is 57.2 Å². The van der Waals surface area contributed by atoms with Crippen molar-refractivity contribution >= 4 is 49.9 Å². The number of fused-ring (bicyclic) bond motifs is 2. The Labute approximate surface area is 298 Å². The number of aliphatic carboxylic acids is 1. The van der Waals surface area contributed by atoms with E-state index < -0.39 is 22.0 Å². The zero-order valence-corrected chi connectivity index (χ0v) is 29.9. The van der Waals surface area contributed by atoms with Crippen LogP contribution in [0.5, 0.6) is 6.01 Å². The molecule has 3 aliphatic rings. The Kier molecular flexibility index (Phi) is 11.6.